The smallest absolute Gasteiger partial charge is 0.161 e. The molecule has 0 aliphatic carbocycles. The van der Waals surface area contributed by atoms with E-state index >= 15 is 0 Å². The Hall–Kier alpha value is -1.26. The maximum absolute atomic E-state index is 5.88. The summed E-state index contributed by atoms with van der Waals surface area (Å²) in [6, 6.07) is 7.84. The SMILES string of the molecule is CC(C)Oc1ccccc1OCCN(C)CC1(C)COC1. The van der Waals surface area contributed by atoms with Crippen LogP contribution in [-0.2, 0) is 4.74 Å². The summed E-state index contributed by atoms with van der Waals surface area (Å²) in [4.78, 5) is 2.30. The Morgan fingerprint density at radius 2 is 1.90 bits per heavy atom. The van der Waals surface area contributed by atoms with Crippen molar-refractivity contribution in [3.63, 3.8) is 0 Å². The van der Waals surface area contributed by atoms with E-state index in [0.717, 1.165) is 37.8 Å². The zero-order valence-electron chi connectivity index (χ0n) is 13.6. The third-order valence-electron chi connectivity index (χ3n) is 3.50. The van der Waals surface area contributed by atoms with Crippen molar-refractivity contribution in [3.05, 3.63) is 24.3 Å². The predicted octanol–water partition coefficient (Wildman–Crippen LogP) is 2.82. The average Bonchev–Trinajstić information content (AvgIpc) is 2.38. The maximum atomic E-state index is 5.88. The molecular weight excluding hydrogens is 266 g/mol. The second kappa shape index (κ2) is 7.14. The molecule has 118 valence electrons. The van der Waals surface area contributed by atoms with Crippen molar-refractivity contribution in [1.29, 1.82) is 0 Å². The van der Waals surface area contributed by atoms with Crippen molar-refractivity contribution in [3.8, 4) is 11.5 Å². The molecule has 1 heterocycles. The minimum Gasteiger partial charge on any atom is -0.488 e. The van der Waals surface area contributed by atoms with E-state index in [1.807, 2.05) is 38.1 Å². The van der Waals surface area contributed by atoms with Gasteiger partial charge in [-0.25, -0.2) is 0 Å². The maximum Gasteiger partial charge on any atom is 0.161 e. The molecule has 1 saturated heterocycles. The summed E-state index contributed by atoms with van der Waals surface area (Å²) in [5.41, 5.74) is 0.313. The van der Waals surface area contributed by atoms with Crippen LogP contribution in [0.1, 0.15) is 20.8 Å². The fourth-order valence-corrected chi connectivity index (χ4v) is 2.50. The molecule has 1 aromatic carbocycles. The second-order valence-electron chi connectivity index (χ2n) is 6.50. The van der Waals surface area contributed by atoms with Crippen LogP contribution in [0, 0.1) is 5.41 Å². The number of para-hydroxylation sites is 2. The highest BCUT2D eigenvalue weighted by Gasteiger charge is 2.34. The average molecular weight is 293 g/mol. The fraction of sp³-hybridized carbons (Fsp3) is 0.647. The lowest BCUT2D eigenvalue weighted by Crippen LogP contribution is -2.48. The van der Waals surface area contributed by atoms with Crippen molar-refractivity contribution in [2.75, 3.05) is 40.0 Å². The van der Waals surface area contributed by atoms with E-state index in [2.05, 4.69) is 18.9 Å². The lowest BCUT2D eigenvalue weighted by molar-refractivity contribution is -0.113. The van der Waals surface area contributed by atoms with E-state index in [9.17, 15) is 0 Å². The third-order valence-corrected chi connectivity index (χ3v) is 3.50. The molecule has 0 bridgehead atoms. The normalized spacial score (nSPS) is 16.9. The van der Waals surface area contributed by atoms with Gasteiger partial charge < -0.3 is 19.1 Å². The van der Waals surface area contributed by atoms with Gasteiger partial charge in [0.25, 0.3) is 0 Å². The number of hydrogen-bond acceptors (Lipinski definition) is 4. The molecule has 1 fully saturated rings. The van der Waals surface area contributed by atoms with Crippen LogP contribution in [0.2, 0.25) is 0 Å². The first kappa shape index (κ1) is 16.1. The first-order chi connectivity index (χ1) is 9.98. The molecule has 4 nitrogen and oxygen atoms in total. The lowest BCUT2D eigenvalue weighted by atomic mass is 9.88. The lowest BCUT2D eigenvalue weighted by Gasteiger charge is -2.40. The number of nitrogens with zero attached hydrogens (tertiary/aromatic N) is 1. The van der Waals surface area contributed by atoms with Crippen LogP contribution in [0.3, 0.4) is 0 Å². The molecule has 0 spiro atoms. The first-order valence-electron chi connectivity index (χ1n) is 7.63. The number of rotatable bonds is 8. The molecule has 0 N–H and O–H groups in total. The summed E-state index contributed by atoms with van der Waals surface area (Å²) in [6.45, 7) is 10.6. The quantitative estimate of drug-likeness (QED) is 0.737. The molecule has 1 aliphatic heterocycles. The van der Waals surface area contributed by atoms with Crippen LogP contribution in [0.5, 0.6) is 11.5 Å². The molecule has 0 aromatic heterocycles. The molecule has 0 atom stereocenters. The molecule has 0 saturated carbocycles. The topological polar surface area (TPSA) is 30.9 Å². The molecule has 2 rings (SSSR count). The Balaban J connectivity index is 1.77. The number of ether oxygens (including phenoxy) is 3. The molecule has 0 unspecified atom stereocenters. The summed E-state index contributed by atoms with van der Waals surface area (Å²) >= 11 is 0. The number of likely N-dealkylation sites (N-methyl/N-ethyl adjacent to an activating group) is 1. The van der Waals surface area contributed by atoms with Crippen LogP contribution in [0.4, 0.5) is 0 Å². The summed E-state index contributed by atoms with van der Waals surface area (Å²) in [6.07, 6.45) is 0.149. The fourth-order valence-electron chi connectivity index (χ4n) is 2.50. The van der Waals surface area contributed by atoms with Gasteiger partial charge in [0.15, 0.2) is 11.5 Å². The summed E-state index contributed by atoms with van der Waals surface area (Å²) in [5, 5.41) is 0. The van der Waals surface area contributed by atoms with Crippen molar-refractivity contribution in [2.24, 2.45) is 5.41 Å². The summed E-state index contributed by atoms with van der Waals surface area (Å²) in [7, 11) is 2.13. The highest BCUT2D eigenvalue weighted by atomic mass is 16.5. The number of benzene rings is 1. The molecule has 4 heteroatoms. The van der Waals surface area contributed by atoms with E-state index in [0.29, 0.717) is 12.0 Å². The molecule has 1 aromatic rings. The van der Waals surface area contributed by atoms with Crippen molar-refractivity contribution in [2.45, 2.75) is 26.9 Å². The van der Waals surface area contributed by atoms with Crippen molar-refractivity contribution in [1.82, 2.24) is 4.90 Å². The monoisotopic (exact) mass is 293 g/mol. The molecular formula is C17H27NO3. The predicted molar refractivity (Wildman–Crippen MR) is 84.1 cm³/mol. The van der Waals surface area contributed by atoms with Gasteiger partial charge in [-0.3, -0.25) is 0 Å². The van der Waals surface area contributed by atoms with Crippen LogP contribution in [0.25, 0.3) is 0 Å². The standard InChI is InChI=1S/C17H27NO3/c1-14(2)21-16-8-6-5-7-15(16)20-10-9-18(4)11-17(3)12-19-13-17/h5-8,14H,9-13H2,1-4H3. The number of hydrogen-bond donors (Lipinski definition) is 0. The zero-order chi connectivity index (χ0) is 15.3. The summed E-state index contributed by atoms with van der Waals surface area (Å²) in [5.74, 6) is 1.63. The largest absolute Gasteiger partial charge is 0.488 e. The van der Waals surface area contributed by atoms with Crippen LogP contribution >= 0.6 is 0 Å². The highest BCUT2D eigenvalue weighted by Crippen LogP contribution is 2.28. The van der Waals surface area contributed by atoms with Crippen LogP contribution < -0.4 is 9.47 Å². The van der Waals surface area contributed by atoms with E-state index in [-0.39, 0.29) is 6.10 Å². The highest BCUT2D eigenvalue weighted by molar-refractivity contribution is 5.39. The first-order valence-corrected chi connectivity index (χ1v) is 7.63. The molecule has 0 radical (unpaired) electrons. The van der Waals surface area contributed by atoms with Gasteiger partial charge in [0.2, 0.25) is 0 Å². The van der Waals surface area contributed by atoms with Crippen molar-refractivity contribution >= 4 is 0 Å². The van der Waals surface area contributed by atoms with E-state index in [1.54, 1.807) is 0 Å². The summed E-state index contributed by atoms with van der Waals surface area (Å²) < 4.78 is 16.9. The molecule has 0 amide bonds. The Morgan fingerprint density at radius 3 is 2.48 bits per heavy atom. The van der Waals surface area contributed by atoms with Gasteiger partial charge in [0.1, 0.15) is 6.61 Å². The Kier molecular flexibility index (Phi) is 5.48. The van der Waals surface area contributed by atoms with Crippen LogP contribution in [-0.4, -0.2) is 51.0 Å². The second-order valence-corrected chi connectivity index (χ2v) is 6.50. The minimum atomic E-state index is 0.149. The Morgan fingerprint density at radius 1 is 1.24 bits per heavy atom. The van der Waals surface area contributed by atoms with Gasteiger partial charge in [-0.1, -0.05) is 19.1 Å². The van der Waals surface area contributed by atoms with Gasteiger partial charge in [0.05, 0.1) is 19.3 Å². The Labute approximate surface area is 128 Å². The molecule has 21 heavy (non-hydrogen) atoms. The van der Waals surface area contributed by atoms with Gasteiger partial charge in [-0.05, 0) is 33.0 Å². The van der Waals surface area contributed by atoms with E-state index in [1.165, 1.54) is 0 Å². The van der Waals surface area contributed by atoms with Crippen LogP contribution in [0.15, 0.2) is 24.3 Å². The van der Waals surface area contributed by atoms with Gasteiger partial charge in [-0.2, -0.15) is 0 Å². The van der Waals surface area contributed by atoms with E-state index < -0.39 is 0 Å². The third kappa shape index (κ3) is 4.90. The van der Waals surface area contributed by atoms with Gasteiger partial charge in [0, 0.05) is 18.5 Å². The Bertz CT molecular complexity index is 443. The van der Waals surface area contributed by atoms with Gasteiger partial charge in [-0.15, -0.1) is 0 Å². The molecule has 1 aliphatic rings. The zero-order valence-corrected chi connectivity index (χ0v) is 13.6. The van der Waals surface area contributed by atoms with E-state index in [4.69, 9.17) is 14.2 Å². The van der Waals surface area contributed by atoms with Gasteiger partial charge >= 0.3 is 0 Å². The minimum absolute atomic E-state index is 0.149. The van der Waals surface area contributed by atoms with Crippen molar-refractivity contribution < 1.29 is 14.2 Å².